The van der Waals surface area contributed by atoms with Crippen LogP contribution in [0.2, 0.25) is 5.02 Å². The number of hydrogen-bond donors (Lipinski definition) is 1. The lowest BCUT2D eigenvalue weighted by atomic mass is 10.2. The SMILES string of the molecule is Clc1ccsc1-c1nc(NCc2ccc3c(c2)OCO3)c2ccccc2n1. The molecule has 0 bridgehead atoms. The molecule has 0 atom stereocenters. The molecule has 0 saturated heterocycles. The fourth-order valence-electron chi connectivity index (χ4n) is 3.00. The van der Waals surface area contributed by atoms with Gasteiger partial charge in [-0.25, -0.2) is 9.97 Å². The second-order valence-electron chi connectivity index (χ2n) is 6.05. The third-order valence-electron chi connectivity index (χ3n) is 4.32. The van der Waals surface area contributed by atoms with E-state index in [0.717, 1.165) is 38.7 Å². The Kier molecular flexibility index (Phi) is 4.07. The highest BCUT2D eigenvalue weighted by atomic mass is 35.5. The third kappa shape index (κ3) is 3.07. The average Bonchev–Trinajstić information content (AvgIpc) is 3.34. The number of para-hydroxylation sites is 1. The van der Waals surface area contributed by atoms with Gasteiger partial charge >= 0.3 is 0 Å². The minimum atomic E-state index is 0.272. The Morgan fingerprint density at radius 3 is 2.81 bits per heavy atom. The van der Waals surface area contributed by atoms with E-state index in [1.54, 1.807) is 0 Å². The van der Waals surface area contributed by atoms with E-state index in [-0.39, 0.29) is 6.79 Å². The molecule has 5 rings (SSSR count). The molecule has 1 N–H and O–H groups in total. The first-order valence-electron chi connectivity index (χ1n) is 8.40. The molecule has 2 aromatic heterocycles. The van der Waals surface area contributed by atoms with Crippen LogP contribution >= 0.6 is 22.9 Å². The maximum absolute atomic E-state index is 6.29. The van der Waals surface area contributed by atoms with Crippen molar-refractivity contribution in [3.63, 3.8) is 0 Å². The van der Waals surface area contributed by atoms with Gasteiger partial charge in [-0.05, 0) is 41.3 Å². The minimum absolute atomic E-state index is 0.272. The molecular weight excluding hydrogens is 382 g/mol. The number of thiophene rings is 1. The van der Waals surface area contributed by atoms with E-state index in [1.165, 1.54) is 11.3 Å². The van der Waals surface area contributed by atoms with Crippen LogP contribution in [0.5, 0.6) is 11.5 Å². The first-order chi connectivity index (χ1) is 13.3. The van der Waals surface area contributed by atoms with Gasteiger partial charge in [-0.2, -0.15) is 0 Å². The van der Waals surface area contributed by atoms with E-state index in [2.05, 4.69) is 10.3 Å². The van der Waals surface area contributed by atoms with Crippen molar-refractivity contribution < 1.29 is 9.47 Å². The molecule has 3 heterocycles. The third-order valence-corrected chi connectivity index (χ3v) is 5.66. The number of rotatable bonds is 4. The lowest BCUT2D eigenvalue weighted by Gasteiger charge is -2.11. The topological polar surface area (TPSA) is 56.3 Å². The van der Waals surface area contributed by atoms with Crippen molar-refractivity contribution >= 4 is 39.7 Å². The highest BCUT2D eigenvalue weighted by molar-refractivity contribution is 7.14. The Labute approximate surface area is 164 Å². The molecular formula is C20H14ClN3O2S. The van der Waals surface area contributed by atoms with E-state index in [9.17, 15) is 0 Å². The van der Waals surface area contributed by atoms with Gasteiger partial charge in [0.15, 0.2) is 17.3 Å². The number of hydrogen-bond acceptors (Lipinski definition) is 6. The summed E-state index contributed by atoms with van der Waals surface area (Å²) in [6, 6.07) is 15.7. The van der Waals surface area contributed by atoms with Crippen molar-refractivity contribution in [2.45, 2.75) is 6.54 Å². The van der Waals surface area contributed by atoms with Gasteiger partial charge < -0.3 is 14.8 Å². The quantitative estimate of drug-likeness (QED) is 0.504. The van der Waals surface area contributed by atoms with Gasteiger partial charge in [0.05, 0.1) is 15.4 Å². The van der Waals surface area contributed by atoms with Crippen molar-refractivity contribution in [2.24, 2.45) is 0 Å². The summed E-state index contributed by atoms with van der Waals surface area (Å²) in [5.41, 5.74) is 1.96. The molecule has 1 aliphatic heterocycles. The smallest absolute Gasteiger partial charge is 0.231 e. The molecule has 0 unspecified atom stereocenters. The lowest BCUT2D eigenvalue weighted by molar-refractivity contribution is 0.174. The van der Waals surface area contributed by atoms with Crippen LogP contribution in [-0.4, -0.2) is 16.8 Å². The summed E-state index contributed by atoms with van der Waals surface area (Å²) in [6.45, 7) is 0.878. The van der Waals surface area contributed by atoms with Crippen molar-refractivity contribution in [2.75, 3.05) is 12.1 Å². The highest BCUT2D eigenvalue weighted by Gasteiger charge is 2.15. The zero-order chi connectivity index (χ0) is 18.2. The first kappa shape index (κ1) is 16.4. The maximum atomic E-state index is 6.29. The summed E-state index contributed by atoms with van der Waals surface area (Å²) in [5, 5.41) is 7.00. The largest absolute Gasteiger partial charge is 0.454 e. The fraction of sp³-hybridized carbons (Fsp3) is 0.100. The maximum Gasteiger partial charge on any atom is 0.231 e. The first-order valence-corrected chi connectivity index (χ1v) is 9.66. The van der Waals surface area contributed by atoms with Gasteiger partial charge in [0.1, 0.15) is 5.82 Å². The van der Waals surface area contributed by atoms with Crippen LogP contribution in [0.4, 0.5) is 5.82 Å². The number of nitrogens with zero attached hydrogens (tertiary/aromatic N) is 2. The predicted molar refractivity (Wildman–Crippen MR) is 108 cm³/mol. The number of nitrogens with one attached hydrogen (secondary N) is 1. The molecule has 0 spiro atoms. The highest BCUT2D eigenvalue weighted by Crippen LogP contribution is 2.34. The van der Waals surface area contributed by atoms with Crippen molar-refractivity contribution in [3.05, 3.63) is 64.5 Å². The van der Waals surface area contributed by atoms with Crippen LogP contribution in [0, 0.1) is 0 Å². The Morgan fingerprint density at radius 2 is 1.93 bits per heavy atom. The summed E-state index contributed by atoms with van der Waals surface area (Å²) in [6.07, 6.45) is 0. The van der Waals surface area contributed by atoms with Crippen LogP contribution in [0.3, 0.4) is 0 Å². The zero-order valence-electron chi connectivity index (χ0n) is 14.1. The van der Waals surface area contributed by atoms with Gasteiger partial charge in [-0.15, -0.1) is 11.3 Å². The van der Waals surface area contributed by atoms with Gasteiger partial charge in [-0.3, -0.25) is 0 Å². The van der Waals surface area contributed by atoms with Gasteiger partial charge in [0, 0.05) is 11.9 Å². The lowest BCUT2D eigenvalue weighted by Crippen LogP contribution is -2.04. The molecule has 5 nitrogen and oxygen atoms in total. The molecule has 7 heteroatoms. The summed E-state index contributed by atoms with van der Waals surface area (Å²) >= 11 is 7.82. The van der Waals surface area contributed by atoms with Crippen LogP contribution in [0.25, 0.3) is 21.6 Å². The van der Waals surface area contributed by atoms with Crippen LogP contribution in [-0.2, 0) is 6.54 Å². The van der Waals surface area contributed by atoms with Crippen molar-refractivity contribution in [3.8, 4) is 22.2 Å². The van der Waals surface area contributed by atoms with Gasteiger partial charge in [0.2, 0.25) is 6.79 Å². The normalized spacial score (nSPS) is 12.5. The van der Waals surface area contributed by atoms with Crippen LogP contribution in [0.15, 0.2) is 53.9 Å². The summed E-state index contributed by atoms with van der Waals surface area (Å²) < 4.78 is 10.8. The van der Waals surface area contributed by atoms with Gasteiger partial charge in [-0.1, -0.05) is 29.8 Å². The predicted octanol–water partition coefficient (Wildman–Crippen LogP) is 5.35. The Bertz CT molecular complexity index is 1150. The van der Waals surface area contributed by atoms with Crippen LogP contribution in [0.1, 0.15) is 5.56 Å². The molecule has 0 fully saturated rings. The molecule has 0 radical (unpaired) electrons. The number of ether oxygens (including phenoxy) is 2. The number of fused-ring (bicyclic) bond motifs is 2. The van der Waals surface area contributed by atoms with Crippen molar-refractivity contribution in [1.82, 2.24) is 9.97 Å². The Balaban J connectivity index is 1.51. The van der Waals surface area contributed by atoms with Gasteiger partial charge in [0.25, 0.3) is 0 Å². The summed E-state index contributed by atoms with van der Waals surface area (Å²) in [4.78, 5) is 10.3. The van der Waals surface area contributed by atoms with E-state index in [1.807, 2.05) is 53.9 Å². The second kappa shape index (κ2) is 6.72. The molecule has 0 saturated carbocycles. The average molecular weight is 396 g/mol. The molecule has 0 amide bonds. The van der Waals surface area contributed by atoms with E-state index in [0.29, 0.717) is 17.4 Å². The molecule has 4 aromatic rings. The molecule has 0 aliphatic carbocycles. The zero-order valence-corrected chi connectivity index (χ0v) is 15.7. The Hall–Kier alpha value is -2.83. The number of halogens is 1. The number of anilines is 1. The fourth-order valence-corrected chi connectivity index (χ4v) is 4.08. The van der Waals surface area contributed by atoms with Crippen molar-refractivity contribution in [1.29, 1.82) is 0 Å². The number of benzene rings is 2. The van der Waals surface area contributed by atoms with E-state index in [4.69, 9.17) is 26.1 Å². The number of aromatic nitrogens is 2. The molecule has 2 aromatic carbocycles. The monoisotopic (exact) mass is 395 g/mol. The molecule has 1 aliphatic rings. The summed E-state index contributed by atoms with van der Waals surface area (Å²) in [7, 11) is 0. The second-order valence-corrected chi connectivity index (χ2v) is 7.38. The van der Waals surface area contributed by atoms with E-state index >= 15 is 0 Å². The minimum Gasteiger partial charge on any atom is -0.454 e. The van der Waals surface area contributed by atoms with E-state index < -0.39 is 0 Å². The molecule has 27 heavy (non-hydrogen) atoms. The summed E-state index contributed by atoms with van der Waals surface area (Å²) in [5.74, 6) is 2.95. The van der Waals surface area contributed by atoms with Crippen LogP contribution < -0.4 is 14.8 Å². The molecule has 134 valence electrons. The standard InChI is InChI=1S/C20H14ClN3O2S/c21-14-7-8-27-18(14)20-23-15-4-2-1-3-13(15)19(24-20)22-10-12-5-6-16-17(9-12)26-11-25-16/h1-9H,10-11H2,(H,22,23,24). The Morgan fingerprint density at radius 1 is 1.04 bits per heavy atom.